The fourth-order valence-electron chi connectivity index (χ4n) is 1.89. The van der Waals surface area contributed by atoms with E-state index in [1.165, 1.54) is 0 Å². The molecule has 21 heavy (non-hydrogen) atoms. The molecule has 0 fully saturated rings. The van der Waals surface area contributed by atoms with Gasteiger partial charge in [-0.3, -0.25) is 4.79 Å². The van der Waals surface area contributed by atoms with E-state index in [1.54, 1.807) is 6.92 Å². The lowest BCUT2D eigenvalue weighted by molar-refractivity contribution is 0.0943. The largest absolute Gasteiger partial charge is 0.491 e. The smallest absolute Gasteiger partial charge is 0.265 e. The molecule has 112 valence electrons. The highest BCUT2D eigenvalue weighted by atomic mass is 32.1. The lowest BCUT2D eigenvalue weighted by Gasteiger charge is -2.15. The van der Waals surface area contributed by atoms with E-state index in [2.05, 4.69) is 14.9 Å². The van der Waals surface area contributed by atoms with Crippen LogP contribution < -0.4 is 10.1 Å². The van der Waals surface area contributed by atoms with Crippen molar-refractivity contribution in [3.63, 3.8) is 0 Å². The highest BCUT2D eigenvalue weighted by Gasteiger charge is 2.16. The number of hydrogen-bond acceptors (Lipinski definition) is 5. The van der Waals surface area contributed by atoms with Gasteiger partial charge in [-0.2, -0.15) is 0 Å². The maximum absolute atomic E-state index is 12.1. The summed E-state index contributed by atoms with van der Waals surface area (Å²) in [5.74, 6) is 0.687. The standard InChI is InChI=1S/C15H19N3O2S/c1-9(2)20-13-7-5-12(6-8-13)10(3)16-15(19)14-11(4)17-18-21-14/h5-10H,1-4H3,(H,16,19). The summed E-state index contributed by atoms with van der Waals surface area (Å²) in [6.07, 6.45) is 0.148. The van der Waals surface area contributed by atoms with Crippen LogP contribution in [0.5, 0.6) is 5.75 Å². The molecule has 1 aromatic heterocycles. The first-order valence-corrected chi connectivity index (χ1v) is 7.61. The van der Waals surface area contributed by atoms with Crippen LogP contribution in [0.2, 0.25) is 0 Å². The Hall–Kier alpha value is -1.95. The minimum Gasteiger partial charge on any atom is -0.491 e. The molecule has 1 aromatic carbocycles. The highest BCUT2D eigenvalue weighted by molar-refractivity contribution is 7.08. The number of aryl methyl sites for hydroxylation is 1. The van der Waals surface area contributed by atoms with Crippen molar-refractivity contribution in [1.82, 2.24) is 14.9 Å². The molecule has 0 aliphatic rings. The average Bonchev–Trinajstić information content (AvgIpc) is 2.85. The molecule has 5 nitrogen and oxygen atoms in total. The second-order valence-corrected chi connectivity index (χ2v) is 5.87. The second-order valence-electron chi connectivity index (χ2n) is 5.12. The third-order valence-electron chi connectivity index (χ3n) is 2.96. The van der Waals surface area contributed by atoms with Gasteiger partial charge in [0.15, 0.2) is 0 Å². The van der Waals surface area contributed by atoms with Gasteiger partial charge in [-0.15, -0.1) is 5.10 Å². The SMILES string of the molecule is Cc1nnsc1C(=O)NC(C)c1ccc(OC(C)C)cc1. The number of ether oxygens (including phenoxy) is 1. The molecule has 2 rings (SSSR count). The summed E-state index contributed by atoms with van der Waals surface area (Å²) in [6.45, 7) is 7.70. The maximum Gasteiger partial charge on any atom is 0.265 e. The van der Waals surface area contributed by atoms with Gasteiger partial charge in [0, 0.05) is 0 Å². The molecule has 0 bridgehead atoms. The van der Waals surface area contributed by atoms with E-state index in [-0.39, 0.29) is 18.1 Å². The predicted octanol–water partition coefficient (Wildman–Crippen LogP) is 3.12. The summed E-state index contributed by atoms with van der Waals surface area (Å²) in [5, 5.41) is 6.80. The van der Waals surface area contributed by atoms with Gasteiger partial charge in [-0.05, 0) is 56.9 Å². The molecule has 0 saturated heterocycles. The topological polar surface area (TPSA) is 64.1 Å². The van der Waals surface area contributed by atoms with Crippen molar-refractivity contribution < 1.29 is 9.53 Å². The Kier molecular flexibility index (Phi) is 4.90. The minimum absolute atomic E-state index is 0.0906. The third kappa shape index (κ3) is 4.01. The molecule has 1 amide bonds. The van der Waals surface area contributed by atoms with E-state index in [0.29, 0.717) is 10.6 Å². The van der Waals surface area contributed by atoms with Crippen molar-refractivity contribution in [3.8, 4) is 5.75 Å². The molecule has 0 aliphatic heterocycles. The van der Waals surface area contributed by atoms with Crippen LogP contribution >= 0.6 is 11.5 Å². The number of aromatic nitrogens is 2. The number of carbonyl (C=O) groups is 1. The summed E-state index contributed by atoms with van der Waals surface area (Å²) in [7, 11) is 0. The predicted molar refractivity (Wildman–Crippen MR) is 82.7 cm³/mol. The molecule has 0 radical (unpaired) electrons. The number of amides is 1. The van der Waals surface area contributed by atoms with Crippen LogP contribution in [0.3, 0.4) is 0 Å². The zero-order chi connectivity index (χ0) is 15.4. The van der Waals surface area contributed by atoms with Crippen LogP contribution in [0, 0.1) is 6.92 Å². The van der Waals surface area contributed by atoms with E-state index in [0.717, 1.165) is 22.8 Å². The molecular formula is C15H19N3O2S. The first-order chi connectivity index (χ1) is 9.97. The average molecular weight is 305 g/mol. The van der Waals surface area contributed by atoms with Gasteiger partial charge in [-0.25, -0.2) is 0 Å². The Morgan fingerprint density at radius 3 is 2.43 bits per heavy atom. The number of hydrogen-bond donors (Lipinski definition) is 1. The summed E-state index contributed by atoms with van der Waals surface area (Å²) in [4.78, 5) is 12.7. The van der Waals surface area contributed by atoms with E-state index >= 15 is 0 Å². The molecular weight excluding hydrogens is 286 g/mol. The Morgan fingerprint density at radius 2 is 1.90 bits per heavy atom. The van der Waals surface area contributed by atoms with Gasteiger partial charge in [-0.1, -0.05) is 16.6 Å². The Bertz CT molecular complexity index is 608. The van der Waals surface area contributed by atoms with Gasteiger partial charge in [0.1, 0.15) is 10.6 Å². The third-order valence-corrected chi connectivity index (χ3v) is 3.78. The van der Waals surface area contributed by atoms with Gasteiger partial charge in [0.25, 0.3) is 5.91 Å². The Balaban J connectivity index is 2.01. The summed E-state index contributed by atoms with van der Waals surface area (Å²) >= 11 is 1.11. The van der Waals surface area contributed by atoms with Gasteiger partial charge in [0.05, 0.1) is 17.8 Å². The van der Waals surface area contributed by atoms with Crippen molar-refractivity contribution in [2.45, 2.75) is 39.8 Å². The first-order valence-electron chi connectivity index (χ1n) is 6.84. The van der Waals surface area contributed by atoms with Crippen molar-refractivity contribution in [3.05, 3.63) is 40.4 Å². The molecule has 1 N–H and O–H groups in total. The lowest BCUT2D eigenvalue weighted by Crippen LogP contribution is -2.26. The maximum atomic E-state index is 12.1. The number of carbonyl (C=O) groups excluding carboxylic acids is 1. The Labute approximate surface area is 128 Å². The van der Waals surface area contributed by atoms with E-state index in [9.17, 15) is 4.79 Å². The number of benzene rings is 1. The molecule has 1 heterocycles. The monoisotopic (exact) mass is 305 g/mol. The molecule has 6 heteroatoms. The summed E-state index contributed by atoms with van der Waals surface area (Å²) in [5.41, 5.74) is 1.68. The Morgan fingerprint density at radius 1 is 1.24 bits per heavy atom. The second kappa shape index (κ2) is 6.67. The van der Waals surface area contributed by atoms with E-state index in [1.807, 2.05) is 45.0 Å². The molecule has 0 spiro atoms. The zero-order valence-corrected chi connectivity index (χ0v) is 13.4. The molecule has 0 aliphatic carbocycles. The fourth-order valence-corrected chi connectivity index (χ4v) is 2.45. The van der Waals surface area contributed by atoms with Crippen molar-refractivity contribution in [1.29, 1.82) is 0 Å². The van der Waals surface area contributed by atoms with Crippen molar-refractivity contribution >= 4 is 17.4 Å². The van der Waals surface area contributed by atoms with Crippen LogP contribution in [0.25, 0.3) is 0 Å². The van der Waals surface area contributed by atoms with Crippen molar-refractivity contribution in [2.75, 3.05) is 0 Å². The first kappa shape index (κ1) is 15.4. The van der Waals surface area contributed by atoms with Gasteiger partial charge >= 0.3 is 0 Å². The molecule has 2 aromatic rings. The van der Waals surface area contributed by atoms with Crippen molar-refractivity contribution in [2.24, 2.45) is 0 Å². The van der Waals surface area contributed by atoms with Gasteiger partial charge in [0.2, 0.25) is 0 Å². The fraction of sp³-hybridized carbons (Fsp3) is 0.400. The highest BCUT2D eigenvalue weighted by Crippen LogP contribution is 2.19. The van der Waals surface area contributed by atoms with Gasteiger partial charge < -0.3 is 10.1 Å². The van der Waals surface area contributed by atoms with Crippen LogP contribution in [0.1, 0.15) is 47.7 Å². The minimum atomic E-state index is -0.141. The normalized spacial score (nSPS) is 12.2. The number of nitrogens with one attached hydrogen (secondary N) is 1. The molecule has 1 unspecified atom stereocenters. The van der Waals surface area contributed by atoms with Crippen LogP contribution in [-0.2, 0) is 0 Å². The molecule has 0 saturated carbocycles. The lowest BCUT2D eigenvalue weighted by atomic mass is 10.1. The van der Waals surface area contributed by atoms with Crippen LogP contribution in [0.15, 0.2) is 24.3 Å². The number of rotatable bonds is 5. The summed E-state index contributed by atoms with van der Waals surface area (Å²) < 4.78 is 9.38. The molecule has 1 atom stereocenters. The van der Waals surface area contributed by atoms with Crippen LogP contribution in [-0.4, -0.2) is 21.6 Å². The quantitative estimate of drug-likeness (QED) is 0.922. The zero-order valence-electron chi connectivity index (χ0n) is 12.6. The van der Waals surface area contributed by atoms with E-state index in [4.69, 9.17) is 4.74 Å². The van der Waals surface area contributed by atoms with Crippen LogP contribution in [0.4, 0.5) is 0 Å². The number of nitrogens with zero attached hydrogens (tertiary/aromatic N) is 2. The van der Waals surface area contributed by atoms with E-state index < -0.39 is 0 Å². The summed E-state index contributed by atoms with van der Waals surface area (Å²) in [6, 6.07) is 7.66.